The second-order valence-corrected chi connectivity index (χ2v) is 4.77. The van der Waals surface area contributed by atoms with Crippen molar-refractivity contribution in [1.82, 2.24) is 9.78 Å². The van der Waals surface area contributed by atoms with Crippen molar-refractivity contribution in [2.45, 2.75) is 6.18 Å². The lowest BCUT2D eigenvalue weighted by Crippen LogP contribution is -2.05. The maximum atomic E-state index is 12.7. The van der Waals surface area contributed by atoms with Gasteiger partial charge in [-0.25, -0.2) is 0 Å². The van der Waals surface area contributed by atoms with Gasteiger partial charge < -0.3 is 10.8 Å². The van der Waals surface area contributed by atoms with E-state index in [1.165, 1.54) is 10.9 Å². The first kappa shape index (κ1) is 13.7. The lowest BCUT2D eigenvalue weighted by molar-refractivity contribution is -0.137. The van der Waals surface area contributed by atoms with E-state index in [0.29, 0.717) is 0 Å². The van der Waals surface area contributed by atoms with Gasteiger partial charge >= 0.3 is 6.18 Å². The Bertz CT molecular complexity index is 637. The van der Waals surface area contributed by atoms with E-state index in [0.717, 1.165) is 12.1 Å². The zero-order valence-corrected chi connectivity index (χ0v) is 11.2. The summed E-state index contributed by atoms with van der Waals surface area (Å²) in [6.07, 6.45) is -3.21. The Kier molecular flexibility index (Phi) is 3.21. The van der Waals surface area contributed by atoms with E-state index >= 15 is 0 Å². The molecule has 2 aromatic rings. The predicted molar refractivity (Wildman–Crippen MR) is 67.4 cm³/mol. The minimum Gasteiger partial charge on any atom is -0.506 e. The van der Waals surface area contributed by atoms with Crippen LogP contribution in [0, 0.1) is 0 Å². The third-order valence-corrected chi connectivity index (χ3v) is 3.27. The molecule has 0 unspecified atom stereocenters. The first-order valence-corrected chi connectivity index (χ1v) is 5.88. The summed E-state index contributed by atoms with van der Waals surface area (Å²) >= 11 is 2.90. The van der Waals surface area contributed by atoms with Crippen molar-refractivity contribution in [2.24, 2.45) is 7.05 Å². The highest BCUT2D eigenvalue weighted by Gasteiger charge is 2.32. The molecule has 8 heteroatoms. The van der Waals surface area contributed by atoms with Crippen LogP contribution in [-0.2, 0) is 13.2 Å². The molecule has 0 amide bonds. The third kappa shape index (κ3) is 2.40. The van der Waals surface area contributed by atoms with Crippen LogP contribution in [0.5, 0.6) is 5.75 Å². The van der Waals surface area contributed by atoms with Crippen LogP contribution < -0.4 is 5.73 Å². The molecule has 19 heavy (non-hydrogen) atoms. The fourth-order valence-electron chi connectivity index (χ4n) is 1.62. The topological polar surface area (TPSA) is 64.1 Å². The number of phenolic OH excluding ortho intramolecular Hbond substituents is 1. The number of hydrogen-bond donors (Lipinski definition) is 2. The van der Waals surface area contributed by atoms with Crippen molar-refractivity contribution >= 4 is 21.7 Å². The van der Waals surface area contributed by atoms with E-state index in [4.69, 9.17) is 5.73 Å². The Hall–Kier alpha value is -1.70. The molecule has 1 heterocycles. The van der Waals surface area contributed by atoms with Crippen LogP contribution in [-0.4, -0.2) is 14.9 Å². The minimum atomic E-state index is -4.51. The van der Waals surface area contributed by atoms with Crippen LogP contribution in [0.1, 0.15) is 5.56 Å². The number of anilines is 1. The quantitative estimate of drug-likeness (QED) is 0.841. The molecule has 0 bridgehead atoms. The van der Waals surface area contributed by atoms with Gasteiger partial charge in [-0.15, -0.1) is 0 Å². The summed E-state index contributed by atoms with van der Waals surface area (Å²) in [4.78, 5) is 0. The molecular formula is C11H9BrF3N3O. The fraction of sp³-hybridized carbons (Fsp3) is 0.182. The number of halogens is 4. The van der Waals surface area contributed by atoms with Gasteiger partial charge in [-0.05, 0) is 28.1 Å². The van der Waals surface area contributed by atoms with Gasteiger partial charge in [-0.2, -0.15) is 18.3 Å². The highest BCUT2D eigenvalue weighted by molar-refractivity contribution is 9.10. The lowest BCUT2D eigenvalue weighted by Gasteiger charge is -2.12. The molecule has 0 spiro atoms. The van der Waals surface area contributed by atoms with E-state index in [9.17, 15) is 18.3 Å². The number of aryl methyl sites for hydroxylation is 1. The number of alkyl halides is 3. The van der Waals surface area contributed by atoms with Gasteiger partial charge in [0, 0.05) is 18.2 Å². The first-order chi connectivity index (χ1) is 8.71. The molecule has 0 aliphatic carbocycles. The summed E-state index contributed by atoms with van der Waals surface area (Å²) in [6, 6.07) is 1.65. The molecule has 0 aliphatic heterocycles. The Morgan fingerprint density at radius 2 is 1.95 bits per heavy atom. The zero-order valence-electron chi connectivity index (χ0n) is 9.66. The lowest BCUT2D eigenvalue weighted by atomic mass is 10.0. The summed E-state index contributed by atoms with van der Waals surface area (Å²) in [5, 5.41) is 13.7. The van der Waals surface area contributed by atoms with Gasteiger partial charge in [-0.1, -0.05) is 0 Å². The van der Waals surface area contributed by atoms with Crippen molar-refractivity contribution < 1.29 is 18.3 Å². The Morgan fingerprint density at radius 1 is 1.32 bits per heavy atom. The fourth-order valence-corrected chi connectivity index (χ4v) is 2.08. The number of phenols is 1. The largest absolute Gasteiger partial charge is 0.506 e. The Balaban J connectivity index is 2.70. The molecule has 0 atom stereocenters. The number of aromatic hydroxyl groups is 1. The molecule has 4 nitrogen and oxygen atoms in total. The van der Waals surface area contributed by atoms with E-state index < -0.39 is 11.7 Å². The monoisotopic (exact) mass is 335 g/mol. The summed E-state index contributed by atoms with van der Waals surface area (Å²) in [7, 11) is 1.55. The van der Waals surface area contributed by atoms with Gasteiger partial charge in [0.1, 0.15) is 11.6 Å². The van der Waals surface area contributed by atoms with Gasteiger partial charge in [0.15, 0.2) is 0 Å². The van der Waals surface area contributed by atoms with Crippen molar-refractivity contribution in [1.29, 1.82) is 0 Å². The number of nitrogens with two attached hydrogens (primary N) is 1. The molecule has 0 fully saturated rings. The smallest absolute Gasteiger partial charge is 0.416 e. The molecule has 0 aliphatic rings. The van der Waals surface area contributed by atoms with Crippen LogP contribution in [0.3, 0.4) is 0 Å². The molecule has 0 radical (unpaired) electrons. The summed E-state index contributed by atoms with van der Waals surface area (Å²) in [5.74, 6) is -0.144. The van der Waals surface area contributed by atoms with E-state index in [1.807, 2.05) is 0 Å². The first-order valence-electron chi connectivity index (χ1n) is 5.09. The predicted octanol–water partition coefficient (Wildman–Crippen LogP) is 3.16. The molecular weight excluding hydrogens is 327 g/mol. The number of nitrogen functional groups attached to an aromatic ring is 1. The average Bonchev–Trinajstić information content (AvgIpc) is 2.62. The number of hydrogen-bond acceptors (Lipinski definition) is 3. The third-order valence-electron chi connectivity index (χ3n) is 2.67. The summed E-state index contributed by atoms with van der Waals surface area (Å²) in [6.45, 7) is 0. The average molecular weight is 336 g/mol. The van der Waals surface area contributed by atoms with Crippen molar-refractivity contribution in [3.8, 4) is 16.9 Å². The molecule has 2 rings (SSSR count). The number of aromatic nitrogens is 2. The molecule has 3 N–H and O–H groups in total. The maximum Gasteiger partial charge on any atom is 0.416 e. The second-order valence-electron chi connectivity index (χ2n) is 3.92. The van der Waals surface area contributed by atoms with Crippen LogP contribution in [0.15, 0.2) is 22.8 Å². The second kappa shape index (κ2) is 4.44. The summed E-state index contributed by atoms with van der Waals surface area (Å²) in [5.41, 5.74) is 5.05. The van der Waals surface area contributed by atoms with Crippen molar-refractivity contribution in [3.05, 3.63) is 28.4 Å². The highest BCUT2D eigenvalue weighted by Crippen LogP contribution is 2.42. The highest BCUT2D eigenvalue weighted by atomic mass is 79.9. The van der Waals surface area contributed by atoms with Crippen molar-refractivity contribution in [2.75, 3.05) is 5.73 Å². The zero-order chi connectivity index (χ0) is 14.4. The SMILES string of the molecule is Cn1ncc(-c2cc(C(F)(F)F)cc(Br)c2O)c1N. The molecule has 1 aromatic carbocycles. The number of nitrogens with zero attached hydrogens (tertiary/aromatic N) is 2. The van der Waals surface area contributed by atoms with Gasteiger partial charge in [0.25, 0.3) is 0 Å². The van der Waals surface area contributed by atoms with Gasteiger partial charge in [0.2, 0.25) is 0 Å². The van der Waals surface area contributed by atoms with Crippen molar-refractivity contribution in [3.63, 3.8) is 0 Å². The van der Waals surface area contributed by atoms with Gasteiger partial charge in [-0.3, -0.25) is 4.68 Å². The normalized spacial score (nSPS) is 11.8. The van der Waals surface area contributed by atoms with Crippen LogP contribution in [0.2, 0.25) is 0 Å². The van der Waals surface area contributed by atoms with E-state index in [2.05, 4.69) is 21.0 Å². The van der Waals surface area contributed by atoms with Crippen LogP contribution in [0.4, 0.5) is 19.0 Å². The number of rotatable bonds is 1. The molecule has 0 saturated carbocycles. The summed E-state index contributed by atoms with van der Waals surface area (Å²) < 4.78 is 39.5. The van der Waals surface area contributed by atoms with Crippen LogP contribution in [0.25, 0.3) is 11.1 Å². The Labute approximate surface area is 114 Å². The maximum absolute atomic E-state index is 12.7. The molecule has 0 saturated heterocycles. The minimum absolute atomic E-state index is 0.0210. The van der Waals surface area contributed by atoms with Gasteiger partial charge in [0.05, 0.1) is 16.2 Å². The van der Waals surface area contributed by atoms with E-state index in [1.54, 1.807) is 7.05 Å². The Morgan fingerprint density at radius 3 is 2.42 bits per heavy atom. The molecule has 1 aromatic heterocycles. The van der Waals surface area contributed by atoms with E-state index in [-0.39, 0.29) is 27.2 Å². The molecule has 102 valence electrons. The standard InChI is InChI=1S/C11H9BrF3N3O/c1-18-10(16)7(4-17-18)6-2-5(11(13,14)15)3-8(12)9(6)19/h2-4,19H,16H2,1H3. The van der Waals surface area contributed by atoms with Crippen LogP contribution >= 0.6 is 15.9 Å². The number of benzene rings is 1.